The van der Waals surface area contributed by atoms with E-state index in [1.807, 2.05) is 29.2 Å². The number of nitrogens with zero attached hydrogens (tertiary/aromatic N) is 1. The molecule has 1 aliphatic heterocycles. The van der Waals surface area contributed by atoms with Gasteiger partial charge >= 0.3 is 6.03 Å². The number of imide groups is 1. The van der Waals surface area contributed by atoms with Gasteiger partial charge in [0.25, 0.3) is 0 Å². The summed E-state index contributed by atoms with van der Waals surface area (Å²) in [6.07, 6.45) is 1.54. The van der Waals surface area contributed by atoms with Gasteiger partial charge in [0, 0.05) is 6.54 Å². The Kier molecular flexibility index (Phi) is 4.60. The van der Waals surface area contributed by atoms with Crippen LogP contribution >= 0.6 is 0 Å². The number of urea groups is 1. The molecule has 0 unspecified atom stereocenters. The largest absolute Gasteiger partial charge is 0.490 e. The van der Waals surface area contributed by atoms with Gasteiger partial charge in [-0.15, -0.1) is 6.58 Å². The Hall–Kier alpha value is -2.50. The Morgan fingerprint density at radius 2 is 2.20 bits per heavy atom. The molecule has 0 atom stereocenters. The van der Waals surface area contributed by atoms with Crippen molar-refractivity contribution in [1.82, 2.24) is 10.6 Å². The molecule has 0 bridgehead atoms. The normalized spacial score (nSPS) is 12.9. The molecule has 0 aliphatic carbocycles. The zero-order valence-electron chi connectivity index (χ0n) is 11.1. The van der Waals surface area contributed by atoms with E-state index in [9.17, 15) is 9.59 Å². The molecule has 106 valence electrons. The summed E-state index contributed by atoms with van der Waals surface area (Å²) in [5.74, 6) is 0.394. The maximum Gasteiger partial charge on any atom is 0.321 e. The SMILES string of the molecule is C=CCNC(=O)NC(=O)CN1CCOc2ccccc21. The number of para-hydroxylation sites is 2. The Morgan fingerprint density at radius 1 is 1.40 bits per heavy atom. The minimum absolute atomic E-state index is 0.113. The number of fused-ring (bicyclic) bond motifs is 1. The van der Waals surface area contributed by atoms with Crippen molar-refractivity contribution in [2.24, 2.45) is 0 Å². The van der Waals surface area contributed by atoms with Crippen LogP contribution in [0, 0.1) is 0 Å². The van der Waals surface area contributed by atoms with Crippen LogP contribution in [0.25, 0.3) is 0 Å². The molecule has 20 heavy (non-hydrogen) atoms. The first-order valence-electron chi connectivity index (χ1n) is 6.36. The molecule has 1 aromatic rings. The summed E-state index contributed by atoms with van der Waals surface area (Å²) in [6, 6.07) is 6.99. The highest BCUT2D eigenvalue weighted by atomic mass is 16.5. The highest BCUT2D eigenvalue weighted by molar-refractivity contribution is 5.96. The van der Waals surface area contributed by atoms with Crippen LogP contribution in [0.4, 0.5) is 10.5 Å². The van der Waals surface area contributed by atoms with E-state index in [1.54, 1.807) is 6.08 Å². The van der Waals surface area contributed by atoms with Crippen LogP contribution in [0.2, 0.25) is 0 Å². The lowest BCUT2D eigenvalue weighted by atomic mass is 10.2. The number of hydrogen-bond donors (Lipinski definition) is 2. The Balaban J connectivity index is 1.92. The molecule has 6 heteroatoms. The molecule has 6 nitrogen and oxygen atoms in total. The van der Waals surface area contributed by atoms with Crippen LogP contribution in [-0.2, 0) is 4.79 Å². The summed E-state index contributed by atoms with van der Waals surface area (Å²) in [5, 5.41) is 4.76. The van der Waals surface area contributed by atoms with Crippen molar-refractivity contribution in [1.29, 1.82) is 0 Å². The van der Waals surface area contributed by atoms with E-state index in [1.165, 1.54) is 0 Å². The monoisotopic (exact) mass is 275 g/mol. The van der Waals surface area contributed by atoms with Gasteiger partial charge < -0.3 is 15.0 Å². The van der Waals surface area contributed by atoms with E-state index in [-0.39, 0.29) is 12.5 Å². The van der Waals surface area contributed by atoms with Crippen molar-refractivity contribution >= 4 is 17.6 Å². The van der Waals surface area contributed by atoms with Crippen LogP contribution < -0.4 is 20.3 Å². The molecular weight excluding hydrogens is 258 g/mol. The number of hydrogen-bond acceptors (Lipinski definition) is 4. The van der Waals surface area contributed by atoms with Gasteiger partial charge in [-0.25, -0.2) is 4.79 Å². The molecule has 3 amide bonds. The fraction of sp³-hybridized carbons (Fsp3) is 0.286. The molecule has 0 aromatic heterocycles. The second-order valence-corrected chi connectivity index (χ2v) is 4.28. The third-order valence-electron chi connectivity index (χ3n) is 2.82. The van der Waals surface area contributed by atoms with Gasteiger partial charge in [0.1, 0.15) is 12.4 Å². The van der Waals surface area contributed by atoms with Crippen molar-refractivity contribution in [3.8, 4) is 5.75 Å². The van der Waals surface area contributed by atoms with Gasteiger partial charge in [-0.2, -0.15) is 0 Å². The zero-order valence-corrected chi connectivity index (χ0v) is 11.1. The highest BCUT2D eigenvalue weighted by Crippen LogP contribution is 2.30. The van der Waals surface area contributed by atoms with Gasteiger partial charge in [-0.05, 0) is 12.1 Å². The fourth-order valence-electron chi connectivity index (χ4n) is 1.94. The smallest absolute Gasteiger partial charge is 0.321 e. The second kappa shape index (κ2) is 6.60. The maximum atomic E-state index is 11.8. The van der Waals surface area contributed by atoms with E-state index in [2.05, 4.69) is 17.2 Å². The number of rotatable bonds is 4. The Labute approximate surface area is 117 Å². The molecule has 1 aromatic carbocycles. The first kappa shape index (κ1) is 13.9. The number of nitrogens with one attached hydrogen (secondary N) is 2. The van der Waals surface area contributed by atoms with Crippen LogP contribution in [0.3, 0.4) is 0 Å². The number of ether oxygens (including phenoxy) is 1. The number of anilines is 1. The maximum absolute atomic E-state index is 11.8. The van der Waals surface area contributed by atoms with E-state index < -0.39 is 6.03 Å². The van der Waals surface area contributed by atoms with E-state index in [4.69, 9.17) is 4.74 Å². The molecule has 2 rings (SSSR count). The summed E-state index contributed by atoms with van der Waals surface area (Å²) in [4.78, 5) is 25.1. The summed E-state index contributed by atoms with van der Waals surface area (Å²) in [6.45, 7) is 5.04. The molecule has 1 heterocycles. The summed E-state index contributed by atoms with van der Waals surface area (Å²) < 4.78 is 5.51. The minimum atomic E-state index is -0.517. The van der Waals surface area contributed by atoms with Crippen molar-refractivity contribution in [3.05, 3.63) is 36.9 Å². The molecule has 0 saturated carbocycles. The standard InChI is InChI=1S/C14H17N3O3/c1-2-7-15-14(19)16-13(18)10-17-8-9-20-12-6-4-3-5-11(12)17/h2-6H,1,7-10H2,(H2,15,16,18,19). The molecule has 2 N–H and O–H groups in total. The first-order valence-corrected chi connectivity index (χ1v) is 6.36. The summed E-state index contributed by atoms with van der Waals surface area (Å²) >= 11 is 0. The Bertz CT molecular complexity index is 516. The predicted octanol–water partition coefficient (Wildman–Crippen LogP) is 0.897. The number of benzene rings is 1. The zero-order chi connectivity index (χ0) is 14.4. The highest BCUT2D eigenvalue weighted by Gasteiger charge is 2.20. The number of carbonyl (C=O) groups is 2. The lowest BCUT2D eigenvalue weighted by Crippen LogP contribution is -2.46. The van der Waals surface area contributed by atoms with Crippen LogP contribution in [0.1, 0.15) is 0 Å². The molecular formula is C14H17N3O3. The fourth-order valence-corrected chi connectivity index (χ4v) is 1.94. The predicted molar refractivity (Wildman–Crippen MR) is 75.9 cm³/mol. The quantitative estimate of drug-likeness (QED) is 0.801. The third kappa shape index (κ3) is 3.50. The van der Waals surface area contributed by atoms with E-state index in [0.717, 1.165) is 11.4 Å². The Morgan fingerprint density at radius 3 is 3.00 bits per heavy atom. The van der Waals surface area contributed by atoms with Crippen molar-refractivity contribution in [2.75, 3.05) is 31.1 Å². The first-order chi connectivity index (χ1) is 9.70. The average molecular weight is 275 g/mol. The lowest BCUT2D eigenvalue weighted by molar-refractivity contribution is -0.118. The molecule has 0 saturated heterocycles. The van der Waals surface area contributed by atoms with Gasteiger partial charge in [-0.1, -0.05) is 18.2 Å². The summed E-state index contributed by atoms with van der Waals surface area (Å²) in [7, 11) is 0. The molecule has 0 spiro atoms. The topological polar surface area (TPSA) is 70.7 Å². The second-order valence-electron chi connectivity index (χ2n) is 4.28. The molecule has 1 aliphatic rings. The molecule has 0 fully saturated rings. The van der Waals surface area contributed by atoms with Gasteiger partial charge in [-0.3, -0.25) is 10.1 Å². The number of carbonyl (C=O) groups excluding carboxylic acids is 2. The summed E-state index contributed by atoms with van der Waals surface area (Å²) in [5.41, 5.74) is 0.861. The van der Waals surface area contributed by atoms with Gasteiger partial charge in [0.2, 0.25) is 5.91 Å². The van der Waals surface area contributed by atoms with Crippen LogP contribution in [0.5, 0.6) is 5.75 Å². The van der Waals surface area contributed by atoms with Crippen molar-refractivity contribution in [2.45, 2.75) is 0 Å². The van der Waals surface area contributed by atoms with E-state index in [0.29, 0.717) is 19.7 Å². The van der Waals surface area contributed by atoms with Crippen LogP contribution in [0.15, 0.2) is 36.9 Å². The minimum Gasteiger partial charge on any atom is -0.490 e. The number of amides is 3. The van der Waals surface area contributed by atoms with Crippen molar-refractivity contribution < 1.29 is 14.3 Å². The van der Waals surface area contributed by atoms with Gasteiger partial charge in [0.15, 0.2) is 0 Å². The van der Waals surface area contributed by atoms with Crippen LogP contribution in [-0.4, -0.2) is 38.2 Å². The van der Waals surface area contributed by atoms with E-state index >= 15 is 0 Å². The lowest BCUT2D eigenvalue weighted by Gasteiger charge is -2.30. The van der Waals surface area contributed by atoms with Gasteiger partial charge in [0.05, 0.1) is 18.8 Å². The molecule has 0 radical (unpaired) electrons. The van der Waals surface area contributed by atoms with Crippen molar-refractivity contribution in [3.63, 3.8) is 0 Å². The third-order valence-corrected chi connectivity index (χ3v) is 2.82. The average Bonchev–Trinajstić information content (AvgIpc) is 2.45.